The molecule has 0 unspecified atom stereocenters. The second-order valence-electron chi connectivity index (χ2n) is 5.63. The fourth-order valence-corrected chi connectivity index (χ4v) is 3.29. The summed E-state index contributed by atoms with van der Waals surface area (Å²) in [5.74, 6) is 0. The van der Waals surface area contributed by atoms with Gasteiger partial charge in [0.2, 0.25) is 0 Å². The zero-order chi connectivity index (χ0) is 15.2. The fraction of sp³-hybridized carbons (Fsp3) is 0. The molecule has 3 heteroatoms. The minimum atomic E-state index is 0.920. The molecule has 0 radical (unpaired) electrons. The Kier molecular flexibility index (Phi) is 2.50. The number of nitrogens with one attached hydrogen (secondary N) is 1. The summed E-state index contributed by atoms with van der Waals surface area (Å²) in [7, 11) is 0. The van der Waals surface area contributed by atoms with Gasteiger partial charge in [-0.3, -0.25) is 9.97 Å². The molecule has 108 valence electrons. The van der Waals surface area contributed by atoms with E-state index < -0.39 is 0 Å². The van der Waals surface area contributed by atoms with Gasteiger partial charge in [0.15, 0.2) is 0 Å². The van der Waals surface area contributed by atoms with Crippen LogP contribution in [0.25, 0.3) is 44.0 Å². The van der Waals surface area contributed by atoms with Crippen LogP contribution in [-0.4, -0.2) is 15.0 Å². The minimum absolute atomic E-state index is 0.920. The minimum Gasteiger partial charge on any atom is -0.354 e. The highest BCUT2D eigenvalue weighted by Crippen LogP contribution is 2.37. The van der Waals surface area contributed by atoms with Gasteiger partial charge in [-0.15, -0.1) is 0 Å². The molecule has 3 nitrogen and oxygen atoms in total. The molecule has 0 saturated carbocycles. The summed E-state index contributed by atoms with van der Waals surface area (Å²) in [6.07, 6.45) is 3.50. The molecule has 0 aliphatic carbocycles. The van der Waals surface area contributed by atoms with E-state index in [1.807, 2.05) is 12.1 Å². The molecule has 0 aliphatic rings. The summed E-state index contributed by atoms with van der Waals surface area (Å²) >= 11 is 0. The van der Waals surface area contributed by atoms with Crippen LogP contribution >= 0.6 is 0 Å². The van der Waals surface area contributed by atoms with E-state index in [9.17, 15) is 0 Å². The molecule has 5 rings (SSSR count). The van der Waals surface area contributed by atoms with E-state index in [1.165, 1.54) is 10.9 Å². The van der Waals surface area contributed by atoms with Crippen LogP contribution in [-0.2, 0) is 0 Å². The van der Waals surface area contributed by atoms with Gasteiger partial charge in [-0.1, -0.05) is 48.5 Å². The maximum absolute atomic E-state index is 4.58. The Morgan fingerprint density at radius 2 is 1.57 bits per heavy atom. The Morgan fingerprint density at radius 1 is 0.783 bits per heavy atom. The summed E-state index contributed by atoms with van der Waals surface area (Å²) < 4.78 is 0. The van der Waals surface area contributed by atoms with Crippen molar-refractivity contribution in [2.45, 2.75) is 0 Å². The number of hydrogen-bond acceptors (Lipinski definition) is 2. The van der Waals surface area contributed by atoms with E-state index in [-0.39, 0.29) is 0 Å². The zero-order valence-electron chi connectivity index (χ0n) is 12.3. The van der Waals surface area contributed by atoms with Crippen LogP contribution in [0.3, 0.4) is 0 Å². The van der Waals surface area contributed by atoms with E-state index >= 15 is 0 Å². The van der Waals surface area contributed by atoms with Crippen LogP contribution in [0, 0.1) is 0 Å². The van der Waals surface area contributed by atoms with Crippen molar-refractivity contribution in [1.29, 1.82) is 0 Å². The first kappa shape index (κ1) is 12.4. The molecule has 2 heterocycles. The summed E-state index contributed by atoms with van der Waals surface area (Å²) in [6.45, 7) is 0. The number of rotatable bonds is 1. The van der Waals surface area contributed by atoms with Gasteiger partial charge < -0.3 is 4.98 Å². The first-order chi connectivity index (χ1) is 11.4. The third-order valence-corrected chi connectivity index (χ3v) is 4.30. The van der Waals surface area contributed by atoms with Gasteiger partial charge in [-0.2, -0.15) is 0 Å². The van der Waals surface area contributed by atoms with Crippen molar-refractivity contribution in [2.24, 2.45) is 0 Å². The molecule has 5 aromatic rings. The molecule has 0 bridgehead atoms. The van der Waals surface area contributed by atoms with E-state index in [0.29, 0.717) is 0 Å². The molecule has 1 N–H and O–H groups in total. The van der Waals surface area contributed by atoms with Gasteiger partial charge >= 0.3 is 0 Å². The normalized spacial score (nSPS) is 11.5. The Labute approximate surface area is 132 Å². The van der Waals surface area contributed by atoms with Crippen molar-refractivity contribution in [1.82, 2.24) is 15.0 Å². The van der Waals surface area contributed by atoms with Crippen LogP contribution in [0.5, 0.6) is 0 Å². The molecular formula is C20H13N3. The molecule has 0 amide bonds. The van der Waals surface area contributed by atoms with E-state index in [1.54, 1.807) is 12.4 Å². The zero-order valence-corrected chi connectivity index (χ0v) is 12.3. The fourth-order valence-electron chi connectivity index (χ4n) is 3.29. The topological polar surface area (TPSA) is 41.6 Å². The molecule has 0 atom stereocenters. The van der Waals surface area contributed by atoms with E-state index in [2.05, 4.69) is 63.5 Å². The Balaban J connectivity index is 2.05. The number of fused-ring (bicyclic) bond motifs is 5. The van der Waals surface area contributed by atoms with Gasteiger partial charge in [-0.05, 0) is 17.7 Å². The second kappa shape index (κ2) is 4.65. The highest BCUT2D eigenvalue weighted by atomic mass is 14.8. The highest BCUT2D eigenvalue weighted by molar-refractivity contribution is 6.22. The number of H-pyrrole nitrogens is 1. The Hall–Kier alpha value is -3.20. The smallest absolute Gasteiger partial charge is 0.0987 e. The number of nitrogens with zero attached hydrogens (tertiary/aromatic N) is 2. The molecule has 23 heavy (non-hydrogen) atoms. The lowest BCUT2D eigenvalue weighted by Gasteiger charge is -2.06. The predicted octanol–water partition coefficient (Wildman–Crippen LogP) is 4.93. The molecule has 0 spiro atoms. The third kappa shape index (κ3) is 1.77. The van der Waals surface area contributed by atoms with Crippen LogP contribution < -0.4 is 0 Å². The lowest BCUT2D eigenvalue weighted by Crippen LogP contribution is -1.87. The van der Waals surface area contributed by atoms with Crippen molar-refractivity contribution in [2.75, 3.05) is 0 Å². The van der Waals surface area contributed by atoms with Crippen LogP contribution in [0.1, 0.15) is 0 Å². The van der Waals surface area contributed by atoms with Crippen LogP contribution in [0.2, 0.25) is 0 Å². The van der Waals surface area contributed by atoms with Gasteiger partial charge in [0.05, 0.1) is 16.6 Å². The van der Waals surface area contributed by atoms with E-state index in [4.69, 9.17) is 0 Å². The van der Waals surface area contributed by atoms with Gasteiger partial charge in [-0.25, -0.2) is 0 Å². The SMILES string of the molecule is c1ccc(-c2cc3nccnc3c3c2[nH]c2ccccc23)cc1. The average Bonchev–Trinajstić information content (AvgIpc) is 3.01. The maximum atomic E-state index is 4.58. The van der Waals surface area contributed by atoms with Crippen LogP contribution in [0.15, 0.2) is 73.1 Å². The Bertz CT molecular complexity index is 1160. The largest absolute Gasteiger partial charge is 0.354 e. The van der Waals surface area contributed by atoms with Crippen LogP contribution in [0.4, 0.5) is 0 Å². The van der Waals surface area contributed by atoms with Crippen molar-refractivity contribution in [3.8, 4) is 11.1 Å². The quantitative estimate of drug-likeness (QED) is 0.476. The maximum Gasteiger partial charge on any atom is 0.0987 e. The number of aromatic nitrogens is 3. The molecule has 0 fully saturated rings. The number of benzene rings is 3. The monoisotopic (exact) mass is 295 g/mol. The van der Waals surface area contributed by atoms with E-state index in [0.717, 1.165) is 33.0 Å². The Morgan fingerprint density at radius 3 is 2.48 bits per heavy atom. The number of hydrogen-bond donors (Lipinski definition) is 1. The summed E-state index contributed by atoms with van der Waals surface area (Å²) in [5, 5.41) is 2.33. The summed E-state index contributed by atoms with van der Waals surface area (Å²) in [5.41, 5.74) is 6.44. The second-order valence-corrected chi connectivity index (χ2v) is 5.63. The van der Waals surface area contributed by atoms with Gasteiger partial charge in [0.1, 0.15) is 0 Å². The van der Waals surface area contributed by atoms with Crippen molar-refractivity contribution in [3.05, 3.63) is 73.1 Å². The number of para-hydroxylation sites is 1. The van der Waals surface area contributed by atoms with Gasteiger partial charge in [0, 0.05) is 34.2 Å². The first-order valence-corrected chi connectivity index (χ1v) is 7.61. The van der Waals surface area contributed by atoms with Crippen molar-refractivity contribution >= 4 is 32.8 Å². The predicted molar refractivity (Wildman–Crippen MR) is 94.3 cm³/mol. The standard InChI is InChI=1S/C20H13N3/c1-2-6-13(7-3-1)15-12-17-20(22-11-10-21-17)18-14-8-4-5-9-16(14)23-19(15)18/h1-12,23H. The lowest BCUT2D eigenvalue weighted by molar-refractivity contribution is 1.30. The molecule has 3 aromatic carbocycles. The van der Waals surface area contributed by atoms with Crippen molar-refractivity contribution < 1.29 is 0 Å². The summed E-state index contributed by atoms with van der Waals surface area (Å²) in [4.78, 5) is 12.7. The molecule has 2 aromatic heterocycles. The number of aromatic amines is 1. The average molecular weight is 295 g/mol. The first-order valence-electron chi connectivity index (χ1n) is 7.61. The third-order valence-electron chi connectivity index (χ3n) is 4.30. The van der Waals surface area contributed by atoms with Gasteiger partial charge in [0.25, 0.3) is 0 Å². The lowest BCUT2D eigenvalue weighted by atomic mass is 10.0. The molecule has 0 aliphatic heterocycles. The molecule has 0 saturated heterocycles. The molecular weight excluding hydrogens is 282 g/mol. The summed E-state index contributed by atoms with van der Waals surface area (Å²) in [6, 6.07) is 20.9. The highest BCUT2D eigenvalue weighted by Gasteiger charge is 2.14. The van der Waals surface area contributed by atoms with Crippen molar-refractivity contribution in [3.63, 3.8) is 0 Å².